The topological polar surface area (TPSA) is 26.3 Å². The zero-order valence-corrected chi connectivity index (χ0v) is 12.7. The number of fused-ring (bicyclic) bond motifs is 2. The van der Waals surface area contributed by atoms with Crippen LogP contribution < -0.4 is 0 Å². The fourth-order valence-electron chi connectivity index (χ4n) is 2.88. The van der Waals surface area contributed by atoms with E-state index in [9.17, 15) is 4.79 Å². The maximum atomic E-state index is 11.9. The van der Waals surface area contributed by atoms with Crippen molar-refractivity contribution in [2.24, 2.45) is 0 Å². The van der Waals surface area contributed by atoms with Gasteiger partial charge >= 0.3 is 5.97 Å². The summed E-state index contributed by atoms with van der Waals surface area (Å²) < 4.78 is 5.67. The zero-order valence-electron chi connectivity index (χ0n) is 11.9. The molecule has 0 saturated carbocycles. The average Bonchev–Trinajstić information content (AvgIpc) is 2.61. The number of carbonyl (C=O) groups is 1. The second kappa shape index (κ2) is 5.53. The molecule has 0 amide bonds. The predicted molar refractivity (Wildman–Crippen MR) is 85.0 cm³/mol. The SMILES string of the molecule is C=C(C)C(=O)OC1C2=C(C[C@@H](Cl)CC=C2)c2ccccc21. The number of ether oxygens (including phenoxy) is 1. The summed E-state index contributed by atoms with van der Waals surface area (Å²) >= 11 is 6.35. The number of allylic oxidation sites excluding steroid dienone is 2. The van der Waals surface area contributed by atoms with E-state index in [0.29, 0.717) is 5.57 Å². The summed E-state index contributed by atoms with van der Waals surface area (Å²) in [6.45, 7) is 5.32. The van der Waals surface area contributed by atoms with Crippen LogP contribution >= 0.6 is 11.6 Å². The summed E-state index contributed by atoms with van der Waals surface area (Å²) in [5.41, 5.74) is 4.83. The van der Waals surface area contributed by atoms with E-state index in [2.05, 4.69) is 18.7 Å². The number of halogens is 1. The van der Waals surface area contributed by atoms with Gasteiger partial charge in [-0.2, -0.15) is 0 Å². The van der Waals surface area contributed by atoms with Gasteiger partial charge in [0.2, 0.25) is 0 Å². The standard InChI is InChI=1S/C18H17ClO2/c1-11(2)18(20)21-17-14-8-4-3-7-13(14)16-10-12(19)6-5-9-15(16)17/h3-5,7-9,12,17H,1,6,10H2,2H3/t12-,17?/m0/s1. The first-order chi connectivity index (χ1) is 10.1. The normalized spacial score (nSPS) is 23.3. The molecule has 108 valence electrons. The number of alkyl halides is 1. The molecule has 0 radical (unpaired) electrons. The van der Waals surface area contributed by atoms with E-state index in [1.54, 1.807) is 6.92 Å². The van der Waals surface area contributed by atoms with Gasteiger partial charge in [0.15, 0.2) is 6.10 Å². The van der Waals surface area contributed by atoms with Crippen LogP contribution in [0, 0.1) is 0 Å². The highest BCUT2D eigenvalue weighted by Gasteiger charge is 2.34. The summed E-state index contributed by atoms with van der Waals surface area (Å²) in [5.74, 6) is -0.358. The van der Waals surface area contributed by atoms with Crippen molar-refractivity contribution in [2.45, 2.75) is 31.2 Å². The number of hydrogen-bond acceptors (Lipinski definition) is 2. The van der Waals surface area contributed by atoms with Crippen LogP contribution in [0.5, 0.6) is 0 Å². The monoisotopic (exact) mass is 300 g/mol. The lowest BCUT2D eigenvalue weighted by atomic mass is 10.0. The third kappa shape index (κ3) is 2.56. The highest BCUT2D eigenvalue weighted by atomic mass is 35.5. The van der Waals surface area contributed by atoms with Gasteiger partial charge in [-0.25, -0.2) is 4.79 Å². The molecule has 2 atom stereocenters. The Kier molecular flexibility index (Phi) is 3.73. The minimum atomic E-state index is -0.358. The number of carbonyl (C=O) groups excluding carboxylic acids is 1. The molecule has 21 heavy (non-hydrogen) atoms. The van der Waals surface area contributed by atoms with E-state index in [1.807, 2.05) is 24.3 Å². The molecule has 2 aliphatic carbocycles. The molecule has 1 aromatic rings. The van der Waals surface area contributed by atoms with Crippen LogP contribution in [-0.2, 0) is 9.53 Å². The van der Waals surface area contributed by atoms with E-state index >= 15 is 0 Å². The van der Waals surface area contributed by atoms with Crippen molar-refractivity contribution in [1.29, 1.82) is 0 Å². The van der Waals surface area contributed by atoms with Gasteiger partial charge in [0.1, 0.15) is 0 Å². The molecule has 1 aromatic carbocycles. The van der Waals surface area contributed by atoms with Crippen LogP contribution in [0.4, 0.5) is 0 Å². The molecule has 3 heteroatoms. The van der Waals surface area contributed by atoms with Crippen LogP contribution in [0.1, 0.15) is 37.0 Å². The second-order valence-corrected chi connectivity index (χ2v) is 6.14. The third-order valence-corrected chi connectivity index (χ3v) is 4.22. The quantitative estimate of drug-likeness (QED) is 0.454. The molecule has 0 N–H and O–H groups in total. The molecule has 0 heterocycles. The van der Waals surface area contributed by atoms with Crippen molar-refractivity contribution < 1.29 is 9.53 Å². The average molecular weight is 301 g/mol. The van der Waals surface area contributed by atoms with Crippen molar-refractivity contribution in [3.63, 3.8) is 0 Å². The number of hydrogen-bond donors (Lipinski definition) is 0. The second-order valence-electron chi connectivity index (χ2n) is 5.53. The molecule has 0 aromatic heterocycles. The summed E-state index contributed by atoms with van der Waals surface area (Å²) in [6, 6.07) is 8.05. The molecule has 0 aliphatic heterocycles. The van der Waals surface area contributed by atoms with Gasteiger partial charge in [-0.3, -0.25) is 0 Å². The van der Waals surface area contributed by atoms with Crippen LogP contribution in [0.15, 0.2) is 54.1 Å². The molecule has 0 bridgehead atoms. The van der Waals surface area contributed by atoms with E-state index < -0.39 is 0 Å². The van der Waals surface area contributed by atoms with Crippen molar-refractivity contribution in [2.75, 3.05) is 0 Å². The minimum Gasteiger partial charge on any atom is -0.449 e. The predicted octanol–water partition coefficient (Wildman–Crippen LogP) is 4.57. The largest absolute Gasteiger partial charge is 0.449 e. The first-order valence-electron chi connectivity index (χ1n) is 7.07. The lowest BCUT2D eigenvalue weighted by Gasteiger charge is -2.16. The lowest BCUT2D eigenvalue weighted by Crippen LogP contribution is -2.11. The highest BCUT2D eigenvalue weighted by Crippen LogP contribution is 2.47. The Morgan fingerprint density at radius 3 is 2.90 bits per heavy atom. The summed E-state index contributed by atoms with van der Waals surface area (Å²) in [5, 5.41) is 0.0809. The Morgan fingerprint density at radius 1 is 1.38 bits per heavy atom. The molecule has 3 rings (SSSR count). The van der Waals surface area contributed by atoms with Gasteiger partial charge in [0.25, 0.3) is 0 Å². The van der Waals surface area contributed by atoms with Crippen LogP contribution in [-0.4, -0.2) is 11.3 Å². The fourth-order valence-corrected chi connectivity index (χ4v) is 3.14. The fraction of sp³-hybridized carbons (Fsp3) is 0.278. The minimum absolute atomic E-state index is 0.0809. The van der Waals surface area contributed by atoms with Gasteiger partial charge in [-0.05, 0) is 30.9 Å². The maximum absolute atomic E-state index is 11.9. The first-order valence-corrected chi connectivity index (χ1v) is 7.51. The Balaban J connectivity index is 2.05. The molecular formula is C18H17ClO2. The zero-order chi connectivity index (χ0) is 15.0. The highest BCUT2D eigenvalue weighted by molar-refractivity contribution is 6.21. The molecule has 0 spiro atoms. The van der Waals surface area contributed by atoms with Gasteiger partial charge in [0, 0.05) is 22.1 Å². The lowest BCUT2D eigenvalue weighted by molar-refractivity contribution is -0.142. The van der Waals surface area contributed by atoms with Crippen molar-refractivity contribution in [3.8, 4) is 0 Å². The van der Waals surface area contributed by atoms with Crippen molar-refractivity contribution in [1.82, 2.24) is 0 Å². The van der Waals surface area contributed by atoms with Gasteiger partial charge in [-0.15, -0.1) is 11.6 Å². The van der Waals surface area contributed by atoms with E-state index in [4.69, 9.17) is 16.3 Å². The van der Waals surface area contributed by atoms with E-state index in [1.165, 1.54) is 5.57 Å². The van der Waals surface area contributed by atoms with Gasteiger partial charge < -0.3 is 4.74 Å². The third-order valence-electron chi connectivity index (χ3n) is 3.89. The van der Waals surface area contributed by atoms with Crippen LogP contribution in [0.3, 0.4) is 0 Å². The maximum Gasteiger partial charge on any atom is 0.334 e. The number of esters is 1. The summed E-state index contributed by atoms with van der Waals surface area (Å²) in [6.07, 6.45) is 5.39. The Bertz CT molecular complexity index is 670. The van der Waals surface area contributed by atoms with Gasteiger partial charge in [-0.1, -0.05) is 43.0 Å². The Labute approximate surface area is 129 Å². The van der Waals surface area contributed by atoms with E-state index in [0.717, 1.165) is 29.5 Å². The van der Waals surface area contributed by atoms with Crippen LogP contribution in [0.25, 0.3) is 5.57 Å². The molecule has 1 unspecified atom stereocenters. The Hall–Kier alpha value is -1.80. The molecule has 2 aliphatic rings. The van der Waals surface area contributed by atoms with Crippen LogP contribution in [0.2, 0.25) is 0 Å². The molecule has 2 nitrogen and oxygen atoms in total. The molecule has 0 saturated heterocycles. The van der Waals surface area contributed by atoms with Gasteiger partial charge in [0.05, 0.1) is 0 Å². The summed E-state index contributed by atoms with van der Waals surface area (Å²) in [7, 11) is 0. The van der Waals surface area contributed by atoms with E-state index in [-0.39, 0.29) is 17.5 Å². The Morgan fingerprint density at radius 2 is 2.14 bits per heavy atom. The smallest absolute Gasteiger partial charge is 0.334 e. The van der Waals surface area contributed by atoms with Crippen molar-refractivity contribution in [3.05, 3.63) is 65.3 Å². The first kappa shape index (κ1) is 14.2. The number of rotatable bonds is 2. The van der Waals surface area contributed by atoms with Crippen molar-refractivity contribution >= 4 is 23.1 Å². The molecular weight excluding hydrogens is 284 g/mol. The summed E-state index contributed by atoms with van der Waals surface area (Å²) in [4.78, 5) is 11.9. The number of benzene rings is 1. The molecule has 0 fully saturated rings.